The fourth-order valence-electron chi connectivity index (χ4n) is 3.37. The summed E-state index contributed by atoms with van der Waals surface area (Å²) in [5, 5.41) is 12.6. The zero-order chi connectivity index (χ0) is 24.0. The molecule has 33 heavy (non-hydrogen) atoms. The molecule has 1 atom stereocenters. The van der Waals surface area contributed by atoms with Gasteiger partial charge in [0.15, 0.2) is 5.96 Å². The first-order valence-corrected chi connectivity index (χ1v) is 11.9. The zero-order valence-electron chi connectivity index (χ0n) is 18.2. The lowest BCUT2D eigenvalue weighted by atomic mass is 9.90. The molecular formula is C22H27N5O5S. The number of sulfonamides is 1. The topological polar surface area (TPSA) is 163 Å². The van der Waals surface area contributed by atoms with Crippen LogP contribution in [0.15, 0.2) is 47.4 Å². The van der Waals surface area contributed by atoms with Gasteiger partial charge in [-0.3, -0.25) is 15.0 Å². The van der Waals surface area contributed by atoms with Gasteiger partial charge in [-0.2, -0.15) is 0 Å². The molecule has 1 unspecified atom stereocenters. The van der Waals surface area contributed by atoms with Crippen LogP contribution in [0.5, 0.6) is 5.75 Å². The summed E-state index contributed by atoms with van der Waals surface area (Å²) >= 11 is 0. The number of amides is 2. The van der Waals surface area contributed by atoms with Crippen molar-refractivity contribution in [1.29, 1.82) is 5.41 Å². The van der Waals surface area contributed by atoms with E-state index in [0.29, 0.717) is 37.4 Å². The zero-order valence-corrected chi connectivity index (χ0v) is 19.0. The van der Waals surface area contributed by atoms with E-state index < -0.39 is 21.8 Å². The predicted molar refractivity (Wildman–Crippen MR) is 123 cm³/mol. The second-order valence-corrected chi connectivity index (χ2v) is 9.48. The third kappa shape index (κ3) is 6.69. The molecule has 10 nitrogen and oxygen atoms in total. The summed E-state index contributed by atoms with van der Waals surface area (Å²) in [5.74, 6) is -1.29. The van der Waals surface area contributed by atoms with Gasteiger partial charge in [0.2, 0.25) is 11.8 Å². The van der Waals surface area contributed by atoms with Crippen LogP contribution < -0.4 is 25.8 Å². The molecule has 11 heteroatoms. The lowest BCUT2D eigenvalue weighted by Gasteiger charge is -2.24. The van der Waals surface area contributed by atoms with E-state index in [1.54, 1.807) is 24.3 Å². The van der Waals surface area contributed by atoms with Gasteiger partial charge in [-0.05, 0) is 43.5 Å². The highest BCUT2D eigenvalue weighted by Gasteiger charge is 2.30. The largest absolute Gasteiger partial charge is 0.493 e. The minimum atomic E-state index is -4.00. The Morgan fingerprint density at radius 1 is 1.24 bits per heavy atom. The molecular weight excluding hydrogens is 446 g/mol. The summed E-state index contributed by atoms with van der Waals surface area (Å²) in [5.41, 5.74) is 7.55. The van der Waals surface area contributed by atoms with Crippen molar-refractivity contribution in [2.45, 2.75) is 31.1 Å². The molecule has 0 fully saturated rings. The second kappa shape index (κ2) is 10.3. The first-order chi connectivity index (χ1) is 15.6. The minimum absolute atomic E-state index is 0.00973. The molecule has 0 spiro atoms. The first-order valence-electron chi connectivity index (χ1n) is 10.4. The number of carbonyl (C=O) groups excluding carboxylic acids is 2. The van der Waals surface area contributed by atoms with Crippen molar-refractivity contribution in [1.82, 2.24) is 10.0 Å². The molecule has 0 saturated carbocycles. The number of carbonyl (C=O) groups is 2. The summed E-state index contributed by atoms with van der Waals surface area (Å²) in [6, 6.07) is 11.4. The van der Waals surface area contributed by atoms with Crippen LogP contribution in [0, 0.1) is 18.3 Å². The average Bonchev–Trinajstić information content (AvgIpc) is 2.74. The Hall–Kier alpha value is -3.60. The number of ether oxygens (including phenoxy) is 1. The monoisotopic (exact) mass is 473 g/mol. The highest BCUT2D eigenvalue weighted by molar-refractivity contribution is 7.90. The first kappa shape index (κ1) is 24.1. The maximum atomic E-state index is 12.5. The molecule has 0 bridgehead atoms. The maximum Gasteiger partial charge on any atom is 0.264 e. The Labute approximate surface area is 192 Å². The number of fused-ring (bicyclic) bond motifs is 1. The van der Waals surface area contributed by atoms with E-state index in [2.05, 4.69) is 10.6 Å². The predicted octanol–water partition coefficient (Wildman–Crippen LogP) is 1.25. The summed E-state index contributed by atoms with van der Waals surface area (Å²) in [6.07, 6.45) is 0.700. The molecule has 2 amide bonds. The molecule has 0 aromatic heterocycles. The van der Waals surface area contributed by atoms with Gasteiger partial charge < -0.3 is 21.1 Å². The second-order valence-electron chi connectivity index (χ2n) is 7.80. The molecule has 2 aromatic carbocycles. The van der Waals surface area contributed by atoms with Gasteiger partial charge in [-0.15, -0.1) is 0 Å². The summed E-state index contributed by atoms with van der Waals surface area (Å²) in [7, 11) is -4.00. The molecule has 0 radical (unpaired) electrons. The van der Waals surface area contributed by atoms with Crippen LogP contribution in [-0.2, 0) is 26.0 Å². The lowest BCUT2D eigenvalue weighted by Crippen LogP contribution is -2.37. The van der Waals surface area contributed by atoms with Crippen LogP contribution >= 0.6 is 0 Å². The fraction of sp³-hybridized carbons (Fsp3) is 0.318. The number of hydrogen-bond acceptors (Lipinski definition) is 6. The van der Waals surface area contributed by atoms with E-state index in [1.165, 1.54) is 12.1 Å². The quantitative estimate of drug-likeness (QED) is 0.208. The smallest absolute Gasteiger partial charge is 0.264 e. The number of benzene rings is 2. The highest BCUT2D eigenvalue weighted by atomic mass is 32.2. The van der Waals surface area contributed by atoms with Gasteiger partial charge in [-0.25, -0.2) is 13.1 Å². The Balaban J connectivity index is 1.56. The SMILES string of the molecule is Cc1ccc(S(=O)(=O)NC(=O)CC2Cc3ccc(OCCCNC(=N)N)cc3NC2=O)cc1. The van der Waals surface area contributed by atoms with Crippen molar-refractivity contribution in [2.24, 2.45) is 11.7 Å². The van der Waals surface area contributed by atoms with Gasteiger partial charge >= 0.3 is 0 Å². The molecule has 2 aromatic rings. The van der Waals surface area contributed by atoms with E-state index in [9.17, 15) is 18.0 Å². The average molecular weight is 474 g/mol. The normalized spacial score (nSPS) is 15.2. The number of nitrogens with one attached hydrogen (secondary N) is 4. The third-order valence-corrected chi connectivity index (χ3v) is 6.48. The van der Waals surface area contributed by atoms with E-state index in [1.807, 2.05) is 17.7 Å². The minimum Gasteiger partial charge on any atom is -0.493 e. The Morgan fingerprint density at radius 2 is 1.97 bits per heavy atom. The van der Waals surface area contributed by atoms with Crippen molar-refractivity contribution in [2.75, 3.05) is 18.5 Å². The van der Waals surface area contributed by atoms with E-state index >= 15 is 0 Å². The number of nitrogens with two attached hydrogens (primary N) is 1. The molecule has 176 valence electrons. The fourth-order valence-corrected chi connectivity index (χ4v) is 4.37. The van der Waals surface area contributed by atoms with Crippen LogP contribution in [0.2, 0.25) is 0 Å². The van der Waals surface area contributed by atoms with Crippen LogP contribution in [-0.4, -0.2) is 39.3 Å². The van der Waals surface area contributed by atoms with Crippen molar-refractivity contribution >= 4 is 33.5 Å². The molecule has 6 N–H and O–H groups in total. The Morgan fingerprint density at radius 3 is 2.67 bits per heavy atom. The van der Waals surface area contributed by atoms with Gasteiger partial charge in [0.25, 0.3) is 10.0 Å². The molecule has 1 aliphatic heterocycles. The number of rotatable bonds is 9. The Bertz CT molecular complexity index is 1150. The maximum absolute atomic E-state index is 12.5. The van der Waals surface area contributed by atoms with Crippen molar-refractivity contribution < 1.29 is 22.7 Å². The van der Waals surface area contributed by atoms with E-state index in [-0.39, 0.29) is 23.2 Å². The van der Waals surface area contributed by atoms with Crippen LogP contribution in [0.3, 0.4) is 0 Å². The van der Waals surface area contributed by atoms with Gasteiger partial charge in [0.1, 0.15) is 5.75 Å². The summed E-state index contributed by atoms with van der Waals surface area (Å²) in [4.78, 5) is 24.9. The lowest BCUT2D eigenvalue weighted by molar-refractivity contribution is -0.126. The van der Waals surface area contributed by atoms with Gasteiger partial charge in [-0.1, -0.05) is 23.8 Å². The molecule has 1 aliphatic rings. The number of anilines is 1. The summed E-state index contributed by atoms with van der Waals surface area (Å²) in [6.45, 7) is 2.75. The van der Waals surface area contributed by atoms with E-state index in [0.717, 1.165) is 11.1 Å². The number of guanidine groups is 1. The van der Waals surface area contributed by atoms with Crippen molar-refractivity contribution in [3.8, 4) is 5.75 Å². The van der Waals surface area contributed by atoms with Crippen molar-refractivity contribution in [3.63, 3.8) is 0 Å². The molecule has 3 rings (SSSR count). The molecule has 0 aliphatic carbocycles. The van der Waals surface area contributed by atoms with Gasteiger partial charge in [0.05, 0.1) is 17.4 Å². The van der Waals surface area contributed by atoms with Crippen LogP contribution in [0.4, 0.5) is 5.69 Å². The van der Waals surface area contributed by atoms with Crippen molar-refractivity contribution in [3.05, 3.63) is 53.6 Å². The Kier molecular flexibility index (Phi) is 7.54. The van der Waals surface area contributed by atoms with Crippen LogP contribution in [0.25, 0.3) is 0 Å². The van der Waals surface area contributed by atoms with Gasteiger partial charge in [0, 0.05) is 24.7 Å². The summed E-state index contributed by atoms with van der Waals surface area (Å²) < 4.78 is 32.5. The van der Waals surface area contributed by atoms with E-state index in [4.69, 9.17) is 15.9 Å². The molecule has 1 heterocycles. The van der Waals surface area contributed by atoms with Crippen LogP contribution in [0.1, 0.15) is 24.0 Å². The number of hydrogen-bond donors (Lipinski definition) is 5. The molecule has 0 saturated heterocycles. The standard InChI is InChI=1S/C22H27N5O5S/c1-14-3-7-18(8-4-14)33(30,31)27-20(28)12-16-11-15-5-6-17(13-19(15)26-21(16)29)32-10-2-9-25-22(23)24/h3-8,13,16H,2,9-12H2,1H3,(H,26,29)(H,27,28)(H4,23,24,25). The highest BCUT2D eigenvalue weighted by Crippen LogP contribution is 2.30. The third-order valence-electron chi connectivity index (χ3n) is 5.09. The number of aryl methyl sites for hydroxylation is 1.